The lowest BCUT2D eigenvalue weighted by atomic mass is 10.0. The smallest absolute Gasteiger partial charge is 0.0307 e. The monoisotopic (exact) mass is 168 g/mol. The standard InChI is InChI=1S/C10H20N2/c1-9(2)12(4)10-5-7-11(3)8-6-10/h10H,1,5-8H2,2-4H3. The van der Waals surface area contributed by atoms with E-state index in [0.29, 0.717) is 0 Å². The Morgan fingerprint density at radius 2 is 1.92 bits per heavy atom. The van der Waals surface area contributed by atoms with Gasteiger partial charge in [0.2, 0.25) is 0 Å². The molecule has 1 aliphatic heterocycles. The van der Waals surface area contributed by atoms with Gasteiger partial charge in [-0.05, 0) is 39.9 Å². The number of likely N-dealkylation sites (tertiary alicyclic amines) is 1. The van der Waals surface area contributed by atoms with Gasteiger partial charge >= 0.3 is 0 Å². The molecule has 0 aromatic rings. The average Bonchev–Trinajstić information content (AvgIpc) is 2.04. The van der Waals surface area contributed by atoms with Crippen LogP contribution >= 0.6 is 0 Å². The van der Waals surface area contributed by atoms with Gasteiger partial charge in [0.15, 0.2) is 0 Å². The summed E-state index contributed by atoms with van der Waals surface area (Å²) < 4.78 is 0. The Bertz CT molecular complexity index is 157. The van der Waals surface area contributed by atoms with Crippen molar-refractivity contribution in [3.05, 3.63) is 12.3 Å². The molecule has 1 rings (SSSR count). The zero-order valence-electron chi connectivity index (χ0n) is 8.51. The first-order valence-electron chi connectivity index (χ1n) is 4.68. The van der Waals surface area contributed by atoms with Crippen molar-refractivity contribution < 1.29 is 0 Å². The molecule has 1 aliphatic rings. The number of hydrogen-bond acceptors (Lipinski definition) is 2. The molecule has 12 heavy (non-hydrogen) atoms. The predicted molar refractivity (Wildman–Crippen MR) is 53.1 cm³/mol. The summed E-state index contributed by atoms with van der Waals surface area (Å²) in [6, 6.07) is 0.721. The lowest BCUT2D eigenvalue weighted by molar-refractivity contribution is 0.171. The molecule has 0 aromatic carbocycles. The van der Waals surface area contributed by atoms with Crippen LogP contribution in [-0.2, 0) is 0 Å². The first kappa shape index (κ1) is 9.59. The molecule has 0 atom stereocenters. The minimum absolute atomic E-state index is 0.721. The van der Waals surface area contributed by atoms with Crippen LogP contribution in [-0.4, -0.2) is 43.0 Å². The number of rotatable bonds is 2. The molecule has 0 spiro atoms. The van der Waals surface area contributed by atoms with Crippen LogP contribution < -0.4 is 0 Å². The van der Waals surface area contributed by atoms with Gasteiger partial charge in [0.05, 0.1) is 0 Å². The van der Waals surface area contributed by atoms with Crippen LogP contribution in [0.4, 0.5) is 0 Å². The van der Waals surface area contributed by atoms with Crippen molar-refractivity contribution in [3.8, 4) is 0 Å². The van der Waals surface area contributed by atoms with Gasteiger partial charge in [-0.1, -0.05) is 6.58 Å². The first-order chi connectivity index (χ1) is 5.61. The predicted octanol–water partition coefficient (Wildman–Crippen LogP) is 1.55. The molecule has 0 unspecified atom stereocenters. The van der Waals surface area contributed by atoms with Gasteiger partial charge in [0, 0.05) is 18.8 Å². The zero-order valence-corrected chi connectivity index (χ0v) is 8.51. The van der Waals surface area contributed by atoms with E-state index in [1.54, 1.807) is 0 Å². The summed E-state index contributed by atoms with van der Waals surface area (Å²) >= 11 is 0. The molecule has 0 radical (unpaired) electrons. The highest BCUT2D eigenvalue weighted by molar-refractivity contribution is 4.92. The van der Waals surface area contributed by atoms with E-state index in [1.807, 2.05) is 0 Å². The maximum Gasteiger partial charge on any atom is 0.0307 e. The molecule has 1 saturated heterocycles. The molecule has 1 fully saturated rings. The van der Waals surface area contributed by atoms with E-state index in [2.05, 4.69) is 37.4 Å². The van der Waals surface area contributed by atoms with Gasteiger partial charge in [-0.25, -0.2) is 0 Å². The van der Waals surface area contributed by atoms with Gasteiger partial charge in [0.25, 0.3) is 0 Å². The summed E-state index contributed by atoms with van der Waals surface area (Å²) in [4.78, 5) is 4.70. The molecule has 0 amide bonds. The van der Waals surface area contributed by atoms with Gasteiger partial charge in [-0.2, -0.15) is 0 Å². The highest BCUT2D eigenvalue weighted by atomic mass is 15.2. The lowest BCUT2D eigenvalue weighted by Crippen LogP contribution is -2.40. The highest BCUT2D eigenvalue weighted by Gasteiger charge is 2.19. The van der Waals surface area contributed by atoms with Crippen LogP contribution in [0.5, 0.6) is 0 Å². The first-order valence-corrected chi connectivity index (χ1v) is 4.68. The summed E-state index contributed by atoms with van der Waals surface area (Å²) in [5.74, 6) is 0. The normalized spacial score (nSPS) is 20.9. The topological polar surface area (TPSA) is 6.48 Å². The molecular formula is C10H20N2. The summed E-state index contributed by atoms with van der Waals surface area (Å²) in [5.41, 5.74) is 1.18. The molecule has 1 heterocycles. The lowest BCUT2D eigenvalue weighted by Gasteiger charge is -2.36. The minimum Gasteiger partial charge on any atom is -0.375 e. The number of nitrogens with zero attached hydrogens (tertiary/aromatic N) is 2. The van der Waals surface area contributed by atoms with Crippen molar-refractivity contribution in [3.63, 3.8) is 0 Å². The van der Waals surface area contributed by atoms with E-state index in [0.717, 1.165) is 6.04 Å². The molecule has 0 N–H and O–H groups in total. The Morgan fingerprint density at radius 3 is 2.33 bits per heavy atom. The fourth-order valence-corrected chi connectivity index (χ4v) is 1.69. The van der Waals surface area contributed by atoms with Crippen molar-refractivity contribution in [2.75, 3.05) is 27.2 Å². The summed E-state index contributed by atoms with van der Waals surface area (Å²) in [5, 5.41) is 0. The second kappa shape index (κ2) is 3.94. The second-order valence-electron chi connectivity index (χ2n) is 3.88. The van der Waals surface area contributed by atoms with E-state index in [9.17, 15) is 0 Å². The average molecular weight is 168 g/mol. The largest absolute Gasteiger partial charge is 0.375 e. The summed E-state index contributed by atoms with van der Waals surface area (Å²) in [6.07, 6.45) is 2.56. The number of allylic oxidation sites excluding steroid dienone is 1. The third kappa shape index (κ3) is 2.24. The van der Waals surface area contributed by atoms with Crippen LogP contribution in [0.3, 0.4) is 0 Å². The SMILES string of the molecule is C=C(C)N(C)C1CCN(C)CC1. The number of piperidine rings is 1. The Balaban J connectivity index is 2.39. The van der Waals surface area contributed by atoms with Crippen LogP contribution in [0.1, 0.15) is 19.8 Å². The zero-order chi connectivity index (χ0) is 9.14. The van der Waals surface area contributed by atoms with Crippen LogP contribution in [0.15, 0.2) is 12.3 Å². The van der Waals surface area contributed by atoms with Crippen molar-refractivity contribution in [1.29, 1.82) is 0 Å². The molecule has 70 valence electrons. The fraction of sp³-hybridized carbons (Fsp3) is 0.800. The third-order valence-corrected chi connectivity index (χ3v) is 2.84. The Labute approximate surface area is 75.8 Å². The minimum atomic E-state index is 0.721. The van der Waals surface area contributed by atoms with E-state index in [1.165, 1.54) is 31.6 Å². The molecule has 0 bridgehead atoms. The van der Waals surface area contributed by atoms with E-state index in [4.69, 9.17) is 0 Å². The Hall–Kier alpha value is -0.500. The van der Waals surface area contributed by atoms with Gasteiger partial charge < -0.3 is 9.80 Å². The van der Waals surface area contributed by atoms with Gasteiger partial charge in [-0.15, -0.1) is 0 Å². The molecule has 2 heteroatoms. The van der Waals surface area contributed by atoms with Crippen molar-refractivity contribution in [2.24, 2.45) is 0 Å². The van der Waals surface area contributed by atoms with Crippen LogP contribution in [0.2, 0.25) is 0 Å². The summed E-state index contributed by atoms with van der Waals surface area (Å²) in [6.45, 7) is 8.49. The Kier molecular flexibility index (Phi) is 3.15. The van der Waals surface area contributed by atoms with Crippen molar-refractivity contribution >= 4 is 0 Å². The second-order valence-corrected chi connectivity index (χ2v) is 3.88. The van der Waals surface area contributed by atoms with Crippen LogP contribution in [0.25, 0.3) is 0 Å². The fourth-order valence-electron chi connectivity index (χ4n) is 1.69. The Morgan fingerprint density at radius 1 is 1.42 bits per heavy atom. The number of hydrogen-bond donors (Lipinski definition) is 0. The molecular weight excluding hydrogens is 148 g/mol. The van der Waals surface area contributed by atoms with E-state index < -0.39 is 0 Å². The van der Waals surface area contributed by atoms with Gasteiger partial charge in [0.1, 0.15) is 0 Å². The maximum atomic E-state index is 3.96. The molecule has 0 aromatic heterocycles. The molecule has 0 aliphatic carbocycles. The third-order valence-electron chi connectivity index (χ3n) is 2.84. The molecule has 0 saturated carbocycles. The van der Waals surface area contributed by atoms with Crippen molar-refractivity contribution in [1.82, 2.24) is 9.80 Å². The van der Waals surface area contributed by atoms with E-state index in [-0.39, 0.29) is 0 Å². The van der Waals surface area contributed by atoms with Crippen LogP contribution in [0, 0.1) is 0 Å². The van der Waals surface area contributed by atoms with Crippen molar-refractivity contribution in [2.45, 2.75) is 25.8 Å². The maximum absolute atomic E-state index is 3.96. The van der Waals surface area contributed by atoms with E-state index >= 15 is 0 Å². The quantitative estimate of drug-likeness (QED) is 0.617. The van der Waals surface area contributed by atoms with Gasteiger partial charge in [-0.3, -0.25) is 0 Å². The molecule has 2 nitrogen and oxygen atoms in total. The summed E-state index contributed by atoms with van der Waals surface area (Å²) in [7, 11) is 4.34. The highest BCUT2D eigenvalue weighted by Crippen LogP contribution is 2.16.